The Balaban J connectivity index is 2.36. The van der Waals surface area contributed by atoms with Crippen LogP contribution in [-0.4, -0.2) is 26.4 Å². The Kier molecular flexibility index (Phi) is 7.06. The first-order valence-corrected chi connectivity index (χ1v) is 6.11. The number of nitrogens with one attached hydrogen (secondary N) is 1. The quantitative estimate of drug-likeness (QED) is 0.571. The number of nitrogens with zero attached hydrogens (tertiary/aromatic N) is 1. The molecule has 0 saturated heterocycles. The number of hydrogen-bond acceptors (Lipinski definition) is 4. The maximum absolute atomic E-state index is 11.1. The molecule has 0 unspecified atom stereocenters. The van der Waals surface area contributed by atoms with E-state index < -0.39 is 0 Å². The standard InChI is InChI=1S/C14H18N2O3/c1-18-11-19-13-7-3-2-5-12(13)6-4-10-16-14(17)8-9-15/h2-3,5,7H,4,6,8,10-11H2,1H3,(H,16,17). The minimum atomic E-state index is -0.230. The maximum atomic E-state index is 11.1. The lowest BCUT2D eigenvalue weighted by atomic mass is 10.1. The Labute approximate surface area is 113 Å². The number of amides is 1. The van der Waals surface area contributed by atoms with Crippen molar-refractivity contribution in [3.63, 3.8) is 0 Å². The van der Waals surface area contributed by atoms with Crippen LogP contribution in [-0.2, 0) is 16.0 Å². The van der Waals surface area contributed by atoms with Gasteiger partial charge in [0.05, 0.1) is 6.07 Å². The fourth-order valence-corrected chi connectivity index (χ4v) is 1.61. The molecule has 1 amide bonds. The first kappa shape index (κ1) is 15.0. The van der Waals surface area contributed by atoms with Crippen LogP contribution < -0.4 is 10.1 Å². The highest BCUT2D eigenvalue weighted by molar-refractivity contribution is 5.77. The van der Waals surface area contributed by atoms with Crippen LogP contribution in [0.4, 0.5) is 0 Å². The van der Waals surface area contributed by atoms with Crippen LogP contribution in [0.15, 0.2) is 24.3 Å². The fourth-order valence-electron chi connectivity index (χ4n) is 1.61. The van der Waals surface area contributed by atoms with Gasteiger partial charge in [0.15, 0.2) is 6.79 Å². The Bertz CT molecular complexity index is 441. The van der Waals surface area contributed by atoms with Crippen LogP contribution in [0, 0.1) is 11.3 Å². The summed E-state index contributed by atoms with van der Waals surface area (Å²) in [5.41, 5.74) is 1.08. The summed E-state index contributed by atoms with van der Waals surface area (Å²) in [6.45, 7) is 0.773. The largest absolute Gasteiger partial charge is 0.467 e. The molecule has 0 saturated carbocycles. The number of ether oxygens (including phenoxy) is 2. The van der Waals surface area contributed by atoms with E-state index >= 15 is 0 Å². The molecule has 0 aliphatic rings. The van der Waals surface area contributed by atoms with E-state index in [0.29, 0.717) is 6.54 Å². The topological polar surface area (TPSA) is 71.3 Å². The fraction of sp³-hybridized carbons (Fsp3) is 0.429. The van der Waals surface area contributed by atoms with Crippen molar-refractivity contribution in [3.8, 4) is 11.8 Å². The first-order valence-electron chi connectivity index (χ1n) is 6.11. The van der Waals surface area contributed by atoms with Crippen LogP contribution in [0.25, 0.3) is 0 Å². The predicted octanol–water partition coefficient (Wildman–Crippen LogP) is 1.63. The lowest BCUT2D eigenvalue weighted by Crippen LogP contribution is -2.23. The number of benzene rings is 1. The maximum Gasteiger partial charge on any atom is 0.234 e. The molecule has 1 aromatic carbocycles. The molecule has 0 fully saturated rings. The molecule has 1 N–H and O–H groups in total. The van der Waals surface area contributed by atoms with Crippen molar-refractivity contribution in [1.29, 1.82) is 5.26 Å². The monoisotopic (exact) mass is 262 g/mol. The molecule has 0 aliphatic heterocycles. The van der Waals surface area contributed by atoms with Crippen molar-refractivity contribution >= 4 is 5.91 Å². The molecule has 0 aliphatic carbocycles. The van der Waals surface area contributed by atoms with Gasteiger partial charge in [-0.1, -0.05) is 18.2 Å². The minimum Gasteiger partial charge on any atom is -0.467 e. The van der Waals surface area contributed by atoms with Gasteiger partial charge < -0.3 is 14.8 Å². The third-order valence-corrected chi connectivity index (χ3v) is 2.49. The van der Waals surface area contributed by atoms with Crippen LogP contribution in [0.2, 0.25) is 0 Å². The Morgan fingerprint density at radius 1 is 1.42 bits per heavy atom. The van der Waals surface area contributed by atoms with Crippen molar-refractivity contribution in [2.75, 3.05) is 20.4 Å². The normalized spacial score (nSPS) is 9.68. The van der Waals surface area contributed by atoms with E-state index in [1.165, 1.54) is 0 Å². The number of rotatable bonds is 8. The number of nitriles is 1. The zero-order chi connectivity index (χ0) is 13.9. The van der Waals surface area contributed by atoms with Crippen molar-refractivity contribution < 1.29 is 14.3 Å². The predicted molar refractivity (Wildman–Crippen MR) is 70.5 cm³/mol. The van der Waals surface area contributed by atoms with Crippen molar-refractivity contribution in [3.05, 3.63) is 29.8 Å². The number of carbonyl (C=O) groups is 1. The highest BCUT2D eigenvalue weighted by Crippen LogP contribution is 2.19. The van der Waals surface area contributed by atoms with Crippen molar-refractivity contribution in [2.24, 2.45) is 0 Å². The van der Waals surface area contributed by atoms with E-state index in [0.717, 1.165) is 24.2 Å². The summed E-state index contributed by atoms with van der Waals surface area (Å²) >= 11 is 0. The highest BCUT2D eigenvalue weighted by atomic mass is 16.7. The average Bonchev–Trinajstić information content (AvgIpc) is 2.42. The van der Waals surface area contributed by atoms with Crippen molar-refractivity contribution in [2.45, 2.75) is 19.3 Å². The van der Waals surface area contributed by atoms with E-state index in [4.69, 9.17) is 14.7 Å². The summed E-state index contributed by atoms with van der Waals surface area (Å²) in [5.74, 6) is 0.569. The molecular formula is C14H18N2O3. The van der Waals surface area contributed by atoms with Crippen molar-refractivity contribution in [1.82, 2.24) is 5.32 Å². The summed E-state index contributed by atoms with van der Waals surface area (Å²) in [6, 6.07) is 9.55. The van der Waals surface area contributed by atoms with Gasteiger partial charge in [0, 0.05) is 13.7 Å². The Morgan fingerprint density at radius 2 is 2.21 bits per heavy atom. The number of carbonyl (C=O) groups excluding carboxylic acids is 1. The molecular weight excluding hydrogens is 244 g/mol. The summed E-state index contributed by atoms with van der Waals surface area (Å²) in [4.78, 5) is 11.1. The number of methoxy groups -OCH3 is 1. The summed E-state index contributed by atoms with van der Waals surface area (Å²) in [6.07, 6.45) is 1.50. The van der Waals surface area contributed by atoms with E-state index in [1.54, 1.807) is 7.11 Å². The molecule has 1 aromatic rings. The first-order chi connectivity index (χ1) is 9.27. The lowest BCUT2D eigenvalue weighted by Gasteiger charge is -2.10. The molecule has 5 heteroatoms. The number of para-hydroxylation sites is 1. The van der Waals surface area contributed by atoms with Gasteiger partial charge in [-0.25, -0.2) is 0 Å². The Morgan fingerprint density at radius 3 is 2.95 bits per heavy atom. The smallest absolute Gasteiger partial charge is 0.234 e. The zero-order valence-corrected chi connectivity index (χ0v) is 11.0. The molecule has 102 valence electrons. The molecule has 0 aromatic heterocycles. The third kappa shape index (κ3) is 5.89. The van der Waals surface area contributed by atoms with Gasteiger partial charge in [0.25, 0.3) is 0 Å². The van der Waals surface area contributed by atoms with E-state index in [2.05, 4.69) is 5.32 Å². The number of hydrogen-bond donors (Lipinski definition) is 1. The van der Waals surface area contributed by atoms with E-state index in [1.807, 2.05) is 30.3 Å². The summed E-state index contributed by atoms with van der Waals surface area (Å²) in [5, 5.41) is 11.0. The Hall–Kier alpha value is -2.06. The molecule has 0 atom stereocenters. The van der Waals surface area contributed by atoms with E-state index in [-0.39, 0.29) is 19.1 Å². The molecule has 0 spiro atoms. The SMILES string of the molecule is COCOc1ccccc1CCCNC(=O)CC#N. The van der Waals surface area contributed by atoms with Gasteiger partial charge in [0.1, 0.15) is 12.2 Å². The van der Waals surface area contributed by atoms with Gasteiger partial charge in [0.2, 0.25) is 5.91 Å². The third-order valence-electron chi connectivity index (χ3n) is 2.49. The number of aryl methyl sites for hydroxylation is 1. The highest BCUT2D eigenvalue weighted by Gasteiger charge is 2.03. The van der Waals surface area contributed by atoms with Gasteiger partial charge in [-0.05, 0) is 24.5 Å². The summed E-state index contributed by atoms with van der Waals surface area (Å²) in [7, 11) is 1.58. The average molecular weight is 262 g/mol. The van der Waals surface area contributed by atoms with Gasteiger partial charge in [-0.3, -0.25) is 4.79 Å². The lowest BCUT2D eigenvalue weighted by molar-refractivity contribution is -0.120. The van der Waals surface area contributed by atoms with Gasteiger partial charge in [-0.2, -0.15) is 5.26 Å². The molecule has 0 heterocycles. The van der Waals surface area contributed by atoms with Crippen LogP contribution in [0.5, 0.6) is 5.75 Å². The van der Waals surface area contributed by atoms with Crippen LogP contribution in [0.3, 0.4) is 0 Å². The molecule has 19 heavy (non-hydrogen) atoms. The van der Waals surface area contributed by atoms with E-state index in [9.17, 15) is 4.79 Å². The molecule has 0 bridgehead atoms. The second-order valence-corrected chi connectivity index (χ2v) is 3.95. The molecule has 1 rings (SSSR count). The van der Waals surface area contributed by atoms with Gasteiger partial charge in [-0.15, -0.1) is 0 Å². The zero-order valence-electron chi connectivity index (χ0n) is 11.0. The van der Waals surface area contributed by atoms with Crippen LogP contribution >= 0.6 is 0 Å². The van der Waals surface area contributed by atoms with Gasteiger partial charge >= 0.3 is 0 Å². The van der Waals surface area contributed by atoms with Crippen LogP contribution in [0.1, 0.15) is 18.4 Å². The summed E-state index contributed by atoms with van der Waals surface area (Å²) < 4.78 is 10.3. The molecule has 5 nitrogen and oxygen atoms in total. The second-order valence-electron chi connectivity index (χ2n) is 3.95. The molecule has 0 radical (unpaired) electrons. The second kappa shape index (κ2) is 8.95. The minimum absolute atomic E-state index is 0.0897.